The SMILES string of the molecule is O=CN(c1ccc(N2CCOCC2)cc1)c1c(C2CC=CCC2)nc2ccccn12. The molecule has 6 nitrogen and oxygen atoms in total. The number of morpholine rings is 1. The highest BCUT2D eigenvalue weighted by Crippen LogP contribution is 2.38. The lowest BCUT2D eigenvalue weighted by atomic mass is 9.91. The highest BCUT2D eigenvalue weighted by Gasteiger charge is 2.26. The minimum atomic E-state index is 0.319. The summed E-state index contributed by atoms with van der Waals surface area (Å²) in [6.45, 7) is 3.29. The molecule has 0 radical (unpaired) electrons. The molecule has 1 saturated heterocycles. The number of hydrogen-bond donors (Lipinski definition) is 0. The van der Waals surface area contributed by atoms with Crippen molar-refractivity contribution in [3.63, 3.8) is 0 Å². The van der Waals surface area contributed by atoms with Gasteiger partial charge >= 0.3 is 0 Å². The molecule has 0 N–H and O–H groups in total. The Hall–Kier alpha value is -3.12. The Morgan fingerprint density at radius 3 is 2.63 bits per heavy atom. The van der Waals surface area contributed by atoms with E-state index < -0.39 is 0 Å². The summed E-state index contributed by atoms with van der Waals surface area (Å²) in [5.74, 6) is 1.17. The number of carbonyl (C=O) groups excluding carboxylic acids is 1. The zero-order valence-corrected chi connectivity index (χ0v) is 17.0. The smallest absolute Gasteiger partial charge is 0.219 e. The fourth-order valence-corrected chi connectivity index (χ4v) is 4.44. The highest BCUT2D eigenvalue weighted by atomic mass is 16.5. The second-order valence-corrected chi connectivity index (χ2v) is 7.82. The Kier molecular flexibility index (Phi) is 5.24. The van der Waals surface area contributed by atoms with E-state index in [9.17, 15) is 4.79 Å². The van der Waals surface area contributed by atoms with Gasteiger partial charge in [0.05, 0.1) is 24.6 Å². The molecule has 2 aromatic heterocycles. The molecule has 1 aromatic carbocycles. The van der Waals surface area contributed by atoms with E-state index in [1.54, 1.807) is 4.90 Å². The molecule has 1 aliphatic heterocycles. The Morgan fingerprint density at radius 1 is 1.07 bits per heavy atom. The largest absolute Gasteiger partial charge is 0.378 e. The van der Waals surface area contributed by atoms with Crippen LogP contribution < -0.4 is 9.80 Å². The van der Waals surface area contributed by atoms with E-state index in [-0.39, 0.29) is 0 Å². The van der Waals surface area contributed by atoms with Crippen LogP contribution in [0.3, 0.4) is 0 Å². The van der Waals surface area contributed by atoms with Crippen molar-refractivity contribution >= 4 is 29.2 Å². The quantitative estimate of drug-likeness (QED) is 0.472. The van der Waals surface area contributed by atoms with Crippen molar-refractivity contribution in [3.05, 3.63) is 66.5 Å². The average Bonchev–Trinajstić information content (AvgIpc) is 3.21. The lowest BCUT2D eigenvalue weighted by Gasteiger charge is -2.29. The number of rotatable bonds is 5. The van der Waals surface area contributed by atoms with Gasteiger partial charge in [0.2, 0.25) is 6.41 Å². The Balaban J connectivity index is 1.54. The van der Waals surface area contributed by atoms with Gasteiger partial charge < -0.3 is 9.64 Å². The maximum Gasteiger partial charge on any atom is 0.219 e. The highest BCUT2D eigenvalue weighted by molar-refractivity contribution is 5.87. The minimum Gasteiger partial charge on any atom is -0.378 e. The average molecular weight is 402 g/mol. The van der Waals surface area contributed by atoms with Gasteiger partial charge in [-0.2, -0.15) is 0 Å². The van der Waals surface area contributed by atoms with Crippen molar-refractivity contribution in [2.45, 2.75) is 25.2 Å². The number of anilines is 3. The fourth-order valence-electron chi connectivity index (χ4n) is 4.44. The topological polar surface area (TPSA) is 50.1 Å². The molecule has 154 valence electrons. The van der Waals surface area contributed by atoms with Crippen molar-refractivity contribution < 1.29 is 9.53 Å². The third kappa shape index (κ3) is 3.48. The molecule has 0 spiro atoms. The summed E-state index contributed by atoms with van der Waals surface area (Å²) in [6.07, 6.45) is 10.4. The summed E-state index contributed by atoms with van der Waals surface area (Å²) >= 11 is 0. The zero-order chi connectivity index (χ0) is 20.3. The molecule has 3 heterocycles. The molecule has 0 saturated carbocycles. The van der Waals surface area contributed by atoms with Crippen LogP contribution in [0.1, 0.15) is 30.9 Å². The maximum atomic E-state index is 12.3. The van der Waals surface area contributed by atoms with Crippen molar-refractivity contribution in [1.82, 2.24) is 9.38 Å². The number of benzene rings is 1. The van der Waals surface area contributed by atoms with E-state index >= 15 is 0 Å². The number of nitrogens with zero attached hydrogens (tertiary/aromatic N) is 4. The molecular weight excluding hydrogens is 376 g/mol. The second-order valence-electron chi connectivity index (χ2n) is 7.82. The lowest BCUT2D eigenvalue weighted by molar-refractivity contribution is -0.106. The molecule has 1 amide bonds. The first-order valence-corrected chi connectivity index (χ1v) is 10.6. The molecule has 0 bridgehead atoms. The van der Waals surface area contributed by atoms with Crippen molar-refractivity contribution in [2.24, 2.45) is 0 Å². The molecule has 6 heteroatoms. The number of pyridine rings is 1. The standard InChI is InChI=1S/C24H26N4O2/c29-18-28(21-11-9-20(10-12-21)26-14-16-30-17-15-26)24-23(19-6-2-1-3-7-19)25-22-8-4-5-13-27(22)24/h1-2,4-5,8-13,18-19H,3,6-7,14-17H2. The predicted molar refractivity (Wildman–Crippen MR) is 119 cm³/mol. The number of aromatic nitrogens is 2. The van der Waals surface area contributed by atoms with Crippen LogP contribution in [-0.2, 0) is 9.53 Å². The van der Waals surface area contributed by atoms with Crippen LogP contribution in [0.4, 0.5) is 17.2 Å². The van der Waals surface area contributed by atoms with Gasteiger partial charge in [-0.3, -0.25) is 14.1 Å². The molecule has 5 rings (SSSR count). The number of amides is 1. The summed E-state index contributed by atoms with van der Waals surface area (Å²) in [6, 6.07) is 14.2. The first kappa shape index (κ1) is 18.9. The fraction of sp³-hybridized carbons (Fsp3) is 0.333. The molecule has 1 atom stereocenters. The van der Waals surface area contributed by atoms with Gasteiger partial charge in [0.25, 0.3) is 0 Å². The number of imidazole rings is 1. The van der Waals surface area contributed by atoms with E-state index in [4.69, 9.17) is 9.72 Å². The predicted octanol–water partition coefficient (Wildman–Crippen LogP) is 4.29. The van der Waals surface area contributed by atoms with Crippen LogP contribution in [0, 0.1) is 0 Å². The number of carbonyl (C=O) groups is 1. The first-order valence-electron chi connectivity index (χ1n) is 10.6. The molecule has 1 aliphatic carbocycles. The van der Waals surface area contributed by atoms with Gasteiger partial charge in [0.1, 0.15) is 11.5 Å². The van der Waals surface area contributed by atoms with Crippen LogP contribution >= 0.6 is 0 Å². The summed E-state index contributed by atoms with van der Waals surface area (Å²) in [5.41, 5.74) is 3.87. The van der Waals surface area contributed by atoms with Gasteiger partial charge in [0, 0.05) is 30.9 Å². The molecule has 3 aromatic rings. The number of ether oxygens (including phenoxy) is 1. The normalized spacial score (nSPS) is 19.2. The van der Waals surface area contributed by atoms with Gasteiger partial charge in [-0.05, 0) is 55.7 Å². The van der Waals surface area contributed by atoms with Gasteiger partial charge in [0.15, 0.2) is 0 Å². The zero-order valence-electron chi connectivity index (χ0n) is 17.0. The van der Waals surface area contributed by atoms with E-state index in [1.165, 1.54) is 0 Å². The van der Waals surface area contributed by atoms with Gasteiger partial charge in [-0.1, -0.05) is 18.2 Å². The number of fused-ring (bicyclic) bond motifs is 1. The van der Waals surface area contributed by atoms with Crippen molar-refractivity contribution in [2.75, 3.05) is 36.1 Å². The molecule has 1 unspecified atom stereocenters. The second kappa shape index (κ2) is 8.32. The van der Waals surface area contributed by atoms with E-state index in [0.29, 0.717) is 5.92 Å². The minimum absolute atomic E-state index is 0.319. The monoisotopic (exact) mass is 402 g/mol. The summed E-state index contributed by atoms with van der Waals surface area (Å²) in [5, 5.41) is 0. The van der Waals surface area contributed by atoms with E-state index in [0.717, 1.165) is 80.5 Å². The van der Waals surface area contributed by atoms with E-state index in [2.05, 4.69) is 29.2 Å². The van der Waals surface area contributed by atoms with Crippen LogP contribution in [0.2, 0.25) is 0 Å². The Bertz CT molecular complexity index is 1050. The summed E-state index contributed by atoms with van der Waals surface area (Å²) in [7, 11) is 0. The van der Waals surface area contributed by atoms with Crippen molar-refractivity contribution in [1.29, 1.82) is 0 Å². The summed E-state index contributed by atoms with van der Waals surface area (Å²) < 4.78 is 7.48. The van der Waals surface area contributed by atoms with Crippen molar-refractivity contribution in [3.8, 4) is 0 Å². The van der Waals surface area contributed by atoms with Crippen LogP contribution in [-0.4, -0.2) is 42.1 Å². The first-order chi connectivity index (χ1) is 14.8. The van der Waals surface area contributed by atoms with Crippen LogP contribution in [0.15, 0.2) is 60.8 Å². The van der Waals surface area contributed by atoms with E-state index in [1.807, 2.05) is 40.9 Å². The third-order valence-electron chi connectivity index (χ3n) is 6.02. The molecular formula is C24H26N4O2. The Morgan fingerprint density at radius 2 is 1.90 bits per heavy atom. The lowest BCUT2D eigenvalue weighted by Crippen LogP contribution is -2.36. The summed E-state index contributed by atoms with van der Waals surface area (Å²) in [4.78, 5) is 21.3. The molecule has 1 fully saturated rings. The molecule has 30 heavy (non-hydrogen) atoms. The maximum absolute atomic E-state index is 12.3. The van der Waals surface area contributed by atoms with Gasteiger partial charge in [-0.25, -0.2) is 4.98 Å². The van der Waals surface area contributed by atoms with Crippen LogP contribution in [0.25, 0.3) is 5.65 Å². The Labute approximate surface area is 176 Å². The number of allylic oxidation sites excluding steroid dienone is 2. The molecule has 2 aliphatic rings. The third-order valence-corrected chi connectivity index (χ3v) is 6.02. The number of hydrogen-bond acceptors (Lipinski definition) is 4. The van der Waals surface area contributed by atoms with Crippen LogP contribution in [0.5, 0.6) is 0 Å². The van der Waals surface area contributed by atoms with Gasteiger partial charge in [-0.15, -0.1) is 0 Å².